The van der Waals surface area contributed by atoms with Crippen molar-refractivity contribution in [1.82, 2.24) is 9.88 Å². The molecule has 54 heavy (non-hydrogen) atoms. The molecule has 276 valence electrons. The van der Waals surface area contributed by atoms with Crippen LogP contribution in [0.4, 0.5) is 0 Å². The minimum atomic E-state index is -0.562. The van der Waals surface area contributed by atoms with Gasteiger partial charge in [-0.3, -0.25) is 9.88 Å². The Morgan fingerprint density at radius 2 is 1.30 bits per heavy atom. The average molecular weight is 719 g/mol. The summed E-state index contributed by atoms with van der Waals surface area (Å²) < 4.78 is 19.6. The third-order valence-electron chi connectivity index (χ3n) is 10.6. The molecule has 1 N–H and O–H groups in total. The third-order valence-corrected chi connectivity index (χ3v) is 10.6. The molecule has 1 aromatic heterocycles. The fraction of sp³-hybridized carbons (Fsp3) is 0.271. The first kappa shape index (κ1) is 36.9. The van der Waals surface area contributed by atoms with E-state index >= 15 is 0 Å². The number of nitrogens with zero attached hydrogens (tertiary/aromatic N) is 2. The first-order valence-electron chi connectivity index (χ1n) is 19.1. The number of aliphatic hydroxyl groups excluding tert-OH is 1. The van der Waals surface area contributed by atoms with Crippen molar-refractivity contribution in [1.29, 1.82) is 0 Å². The maximum atomic E-state index is 11.5. The van der Waals surface area contributed by atoms with Crippen molar-refractivity contribution in [3.05, 3.63) is 180 Å². The van der Waals surface area contributed by atoms with E-state index in [4.69, 9.17) is 14.2 Å². The summed E-state index contributed by atoms with van der Waals surface area (Å²) in [6.07, 6.45) is 5.30. The van der Waals surface area contributed by atoms with Gasteiger partial charge in [0, 0.05) is 24.7 Å². The highest BCUT2D eigenvalue weighted by molar-refractivity contribution is 5.82. The number of likely N-dealkylation sites (tertiary alicyclic amines) is 1. The fourth-order valence-electron chi connectivity index (χ4n) is 7.63. The van der Waals surface area contributed by atoms with Gasteiger partial charge < -0.3 is 19.3 Å². The molecule has 4 atom stereocenters. The molecule has 6 nitrogen and oxygen atoms in total. The molecule has 0 spiro atoms. The molecule has 0 aliphatic carbocycles. The molecule has 1 fully saturated rings. The number of aliphatic hydroxyl groups is 1. The van der Waals surface area contributed by atoms with Crippen LogP contribution < -0.4 is 14.2 Å². The number of hydrogen-bond donors (Lipinski definition) is 1. The van der Waals surface area contributed by atoms with Gasteiger partial charge in [-0.2, -0.15) is 0 Å². The van der Waals surface area contributed by atoms with E-state index in [1.165, 1.54) is 0 Å². The van der Waals surface area contributed by atoms with Gasteiger partial charge in [-0.25, -0.2) is 0 Å². The lowest BCUT2D eigenvalue weighted by Gasteiger charge is -2.39. The third kappa shape index (κ3) is 9.37. The highest BCUT2D eigenvalue weighted by Gasteiger charge is 2.31. The molecule has 2 heterocycles. The highest BCUT2D eigenvalue weighted by atomic mass is 16.5. The Morgan fingerprint density at radius 1 is 0.741 bits per heavy atom. The van der Waals surface area contributed by atoms with Crippen molar-refractivity contribution in [2.45, 2.75) is 52.2 Å². The summed E-state index contributed by atoms with van der Waals surface area (Å²) in [7, 11) is 0. The molecule has 0 radical (unpaired) electrons. The molecule has 6 heteroatoms. The Bertz CT molecular complexity index is 2020. The molecular weight excluding hydrogens is 669 g/mol. The maximum Gasteiger partial charge on any atom is 0.203 e. The summed E-state index contributed by atoms with van der Waals surface area (Å²) in [5, 5.41) is 12.6. The van der Waals surface area contributed by atoms with E-state index < -0.39 is 6.10 Å². The van der Waals surface area contributed by atoms with E-state index in [1.54, 1.807) is 6.20 Å². The van der Waals surface area contributed by atoms with Crippen molar-refractivity contribution in [3.8, 4) is 17.2 Å². The molecule has 6 aromatic rings. The SMILES string of the molecule is C=CC1CN(Cc2cc(OCc3ccccc3)c(OCc3ccccc3)c(OCc3ccccc3)c2)CCC1CC(C)[C@H](O)c1ccnc2ccccc12. The minimum Gasteiger partial charge on any atom is -0.485 e. The van der Waals surface area contributed by atoms with Gasteiger partial charge >= 0.3 is 0 Å². The van der Waals surface area contributed by atoms with E-state index in [9.17, 15) is 5.11 Å². The average Bonchev–Trinajstić information content (AvgIpc) is 3.22. The minimum absolute atomic E-state index is 0.0897. The second-order valence-corrected chi connectivity index (χ2v) is 14.5. The molecule has 0 amide bonds. The highest BCUT2D eigenvalue weighted by Crippen LogP contribution is 2.42. The van der Waals surface area contributed by atoms with Gasteiger partial charge in [-0.1, -0.05) is 122 Å². The van der Waals surface area contributed by atoms with Crippen LogP contribution in [0.2, 0.25) is 0 Å². The second kappa shape index (κ2) is 18.1. The van der Waals surface area contributed by atoms with Crippen LogP contribution in [0.1, 0.15) is 53.7 Å². The van der Waals surface area contributed by atoms with E-state index in [-0.39, 0.29) is 5.92 Å². The number of hydrogen-bond acceptors (Lipinski definition) is 6. The number of pyridine rings is 1. The molecule has 7 rings (SSSR count). The van der Waals surface area contributed by atoms with E-state index in [1.807, 2.05) is 78.9 Å². The molecule has 0 saturated carbocycles. The molecule has 1 aliphatic heterocycles. The molecule has 5 aromatic carbocycles. The summed E-state index contributed by atoms with van der Waals surface area (Å²) in [6.45, 7) is 10.2. The Hall–Kier alpha value is -5.43. The van der Waals surface area contributed by atoms with Gasteiger partial charge in [-0.15, -0.1) is 6.58 Å². The standard InChI is InChI=1S/C48H50N2O4/c1-3-40-31-50(26-24-41(40)27-35(2)47(51)43-23-25-49-44-22-14-13-21-42(43)44)30-39-28-45(52-32-36-15-7-4-8-16-36)48(54-34-38-19-11-6-12-20-38)46(29-39)53-33-37-17-9-5-10-18-37/h3-23,25,28-29,35,40-41,47,51H,1,24,26-27,30-34H2,2H3/t35?,40?,41?,47-/m0/s1. The lowest BCUT2D eigenvalue weighted by atomic mass is 9.77. The van der Waals surface area contributed by atoms with E-state index in [0.29, 0.717) is 48.9 Å². The fourth-order valence-corrected chi connectivity index (χ4v) is 7.63. The summed E-state index contributed by atoms with van der Waals surface area (Å²) in [5.74, 6) is 2.76. The summed E-state index contributed by atoms with van der Waals surface area (Å²) in [4.78, 5) is 7.00. The van der Waals surface area contributed by atoms with Gasteiger partial charge in [0.1, 0.15) is 19.8 Å². The lowest BCUT2D eigenvalue weighted by Crippen LogP contribution is -2.40. The van der Waals surface area contributed by atoms with Crippen LogP contribution in [-0.2, 0) is 26.4 Å². The predicted octanol–water partition coefficient (Wildman–Crippen LogP) is 10.4. The molecule has 1 aliphatic rings. The van der Waals surface area contributed by atoms with Crippen molar-refractivity contribution in [2.24, 2.45) is 17.8 Å². The maximum absolute atomic E-state index is 11.5. The monoisotopic (exact) mass is 718 g/mol. The van der Waals surface area contributed by atoms with Gasteiger partial charge in [0.15, 0.2) is 11.5 Å². The number of para-hydroxylation sites is 1. The molecule has 3 unspecified atom stereocenters. The van der Waals surface area contributed by atoms with Gasteiger partial charge in [0.25, 0.3) is 0 Å². The van der Waals surface area contributed by atoms with Crippen LogP contribution >= 0.6 is 0 Å². The first-order chi connectivity index (χ1) is 26.5. The molecule has 1 saturated heterocycles. The zero-order valence-electron chi connectivity index (χ0n) is 31.1. The normalized spacial score (nSPS) is 17.1. The summed E-state index contributed by atoms with van der Waals surface area (Å²) in [6, 6.07) is 44.8. The second-order valence-electron chi connectivity index (χ2n) is 14.5. The van der Waals surface area contributed by atoms with Gasteiger partial charge in [0.05, 0.1) is 11.6 Å². The van der Waals surface area contributed by atoms with Crippen molar-refractivity contribution < 1.29 is 19.3 Å². The number of piperidine rings is 1. The number of ether oxygens (including phenoxy) is 3. The largest absolute Gasteiger partial charge is 0.485 e. The van der Waals surface area contributed by atoms with E-state index in [0.717, 1.165) is 71.2 Å². The van der Waals surface area contributed by atoms with Gasteiger partial charge in [-0.05, 0) is 89.2 Å². The van der Waals surface area contributed by atoms with Crippen LogP contribution in [0, 0.1) is 17.8 Å². The van der Waals surface area contributed by atoms with Crippen molar-refractivity contribution >= 4 is 10.9 Å². The van der Waals surface area contributed by atoms with Crippen molar-refractivity contribution in [2.75, 3.05) is 13.1 Å². The number of benzene rings is 5. The number of fused-ring (bicyclic) bond motifs is 1. The van der Waals surface area contributed by atoms with Crippen LogP contribution in [0.15, 0.2) is 152 Å². The van der Waals surface area contributed by atoms with Crippen LogP contribution in [-0.4, -0.2) is 28.1 Å². The zero-order valence-corrected chi connectivity index (χ0v) is 31.1. The van der Waals surface area contributed by atoms with E-state index in [2.05, 4.69) is 84.1 Å². The predicted molar refractivity (Wildman–Crippen MR) is 216 cm³/mol. The molecular formula is C48H50N2O4. The smallest absolute Gasteiger partial charge is 0.203 e. The van der Waals surface area contributed by atoms with Crippen LogP contribution in [0.5, 0.6) is 17.2 Å². The van der Waals surface area contributed by atoms with Crippen molar-refractivity contribution in [3.63, 3.8) is 0 Å². The topological polar surface area (TPSA) is 64.1 Å². The Morgan fingerprint density at radius 3 is 1.89 bits per heavy atom. The zero-order chi connectivity index (χ0) is 37.1. The Kier molecular flexibility index (Phi) is 12.3. The Balaban J connectivity index is 1.09. The summed E-state index contributed by atoms with van der Waals surface area (Å²) >= 11 is 0. The van der Waals surface area contributed by atoms with Crippen LogP contribution in [0.3, 0.4) is 0 Å². The number of rotatable bonds is 16. The molecule has 0 bridgehead atoms. The van der Waals surface area contributed by atoms with Gasteiger partial charge in [0.2, 0.25) is 5.75 Å². The quantitative estimate of drug-likeness (QED) is 0.101. The Labute approximate surface area is 319 Å². The number of aromatic nitrogens is 1. The first-order valence-corrected chi connectivity index (χ1v) is 19.1. The lowest BCUT2D eigenvalue weighted by molar-refractivity contribution is 0.0721. The van der Waals surface area contributed by atoms with Crippen LogP contribution in [0.25, 0.3) is 10.9 Å². The summed E-state index contributed by atoms with van der Waals surface area (Å²) in [5.41, 5.74) is 6.19.